The predicted molar refractivity (Wildman–Crippen MR) is 149 cm³/mol. The minimum atomic E-state index is -4.02. The standard InChI is InChI=1S/C29H32FN3O6S/c1-19-5-12-24(13-6-19)40(36,37)32-27(34)31-23-10-7-21(8-11-23)22-9-14-26(25(30)15-22)38-18-20-16-33(17-20)28(35)39-29(2,3)4/h5-15,20H,16-18H2,1-4H3,(H2,31,32,34). The Bertz CT molecular complexity index is 1480. The van der Waals surface area contributed by atoms with Gasteiger partial charge in [-0.05, 0) is 75.2 Å². The summed E-state index contributed by atoms with van der Waals surface area (Å²) < 4.78 is 52.5. The first-order valence-electron chi connectivity index (χ1n) is 12.7. The summed E-state index contributed by atoms with van der Waals surface area (Å²) >= 11 is 0. The number of hydrogen-bond donors (Lipinski definition) is 2. The average Bonchev–Trinajstić information content (AvgIpc) is 2.83. The number of anilines is 1. The van der Waals surface area contributed by atoms with Crippen molar-refractivity contribution in [1.82, 2.24) is 9.62 Å². The van der Waals surface area contributed by atoms with E-state index in [1.54, 1.807) is 53.4 Å². The third kappa shape index (κ3) is 7.50. The molecule has 40 heavy (non-hydrogen) atoms. The number of aryl methyl sites for hydroxylation is 1. The van der Waals surface area contributed by atoms with Crippen LogP contribution in [-0.4, -0.2) is 50.7 Å². The summed E-state index contributed by atoms with van der Waals surface area (Å²) in [4.78, 5) is 25.9. The summed E-state index contributed by atoms with van der Waals surface area (Å²) in [6, 6.07) is 16.4. The molecule has 0 saturated carbocycles. The number of hydrogen-bond acceptors (Lipinski definition) is 6. The fourth-order valence-corrected chi connectivity index (χ4v) is 4.86. The summed E-state index contributed by atoms with van der Waals surface area (Å²) in [5.41, 5.74) is 1.99. The van der Waals surface area contributed by atoms with Gasteiger partial charge in [-0.25, -0.2) is 27.1 Å². The largest absolute Gasteiger partial charge is 0.490 e. The second-order valence-corrected chi connectivity index (χ2v) is 12.3. The molecule has 1 aliphatic rings. The van der Waals surface area contributed by atoms with Crippen LogP contribution in [0.4, 0.5) is 19.7 Å². The molecule has 2 N–H and O–H groups in total. The van der Waals surface area contributed by atoms with Crippen molar-refractivity contribution < 1.29 is 31.9 Å². The Balaban J connectivity index is 1.28. The molecule has 3 aromatic carbocycles. The zero-order chi connectivity index (χ0) is 29.1. The van der Waals surface area contributed by atoms with Gasteiger partial charge in [-0.2, -0.15) is 0 Å². The van der Waals surface area contributed by atoms with Gasteiger partial charge in [-0.15, -0.1) is 0 Å². The van der Waals surface area contributed by atoms with E-state index >= 15 is 0 Å². The van der Waals surface area contributed by atoms with Crippen molar-refractivity contribution in [3.05, 3.63) is 78.1 Å². The van der Waals surface area contributed by atoms with Crippen molar-refractivity contribution in [2.75, 3.05) is 25.0 Å². The lowest BCUT2D eigenvalue weighted by molar-refractivity contribution is -0.00805. The number of urea groups is 1. The first-order chi connectivity index (χ1) is 18.8. The fraction of sp³-hybridized carbons (Fsp3) is 0.310. The SMILES string of the molecule is Cc1ccc(S(=O)(=O)NC(=O)Nc2ccc(-c3ccc(OCC4CN(C(=O)OC(C)(C)C)C4)c(F)c3)cc2)cc1. The molecular formula is C29H32FN3O6S. The van der Waals surface area contributed by atoms with Crippen LogP contribution in [0.25, 0.3) is 11.1 Å². The summed E-state index contributed by atoms with van der Waals surface area (Å²) in [5, 5.41) is 2.48. The summed E-state index contributed by atoms with van der Waals surface area (Å²) in [7, 11) is -4.02. The van der Waals surface area contributed by atoms with E-state index in [9.17, 15) is 22.4 Å². The molecule has 0 atom stereocenters. The van der Waals surface area contributed by atoms with Gasteiger partial charge < -0.3 is 19.7 Å². The van der Waals surface area contributed by atoms with Crippen molar-refractivity contribution in [2.24, 2.45) is 5.92 Å². The molecule has 0 aromatic heterocycles. The molecule has 1 heterocycles. The van der Waals surface area contributed by atoms with Gasteiger partial charge in [0.05, 0.1) is 11.5 Å². The topological polar surface area (TPSA) is 114 Å². The van der Waals surface area contributed by atoms with E-state index in [0.29, 0.717) is 29.9 Å². The highest BCUT2D eigenvalue weighted by atomic mass is 32.2. The number of rotatable bonds is 7. The average molecular weight is 570 g/mol. The smallest absolute Gasteiger partial charge is 0.410 e. The van der Waals surface area contributed by atoms with Crippen LogP contribution in [0.2, 0.25) is 0 Å². The van der Waals surface area contributed by atoms with Gasteiger partial charge in [-0.3, -0.25) is 0 Å². The highest BCUT2D eigenvalue weighted by Gasteiger charge is 2.34. The fourth-order valence-electron chi connectivity index (χ4n) is 3.96. The van der Waals surface area contributed by atoms with E-state index in [1.807, 2.05) is 32.4 Å². The third-order valence-electron chi connectivity index (χ3n) is 6.05. The maximum atomic E-state index is 14.7. The summed E-state index contributed by atoms with van der Waals surface area (Å²) in [5.74, 6) is -0.316. The van der Waals surface area contributed by atoms with Crippen LogP contribution in [0.15, 0.2) is 71.6 Å². The molecule has 1 saturated heterocycles. The normalized spacial score (nSPS) is 13.8. The number of amides is 3. The Hall–Kier alpha value is -4.12. The van der Waals surface area contributed by atoms with Gasteiger partial charge in [0.2, 0.25) is 0 Å². The molecule has 0 bridgehead atoms. The molecule has 11 heteroatoms. The highest BCUT2D eigenvalue weighted by molar-refractivity contribution is 7.90. The molecule has 0 spiro atoms. The first kappa shape index (κ1) is 28.9. The number of carbonyl (C=O) groups excluding carboxylic acids is 2. The van der Waals surface area contributed by atoms with Crippen LogP contribution in [0.1, 0.15) is 26.3 Å². The van der Waals surface area contributed by atoms with Gasteiger partial charge in [0.25, 0.3) is 10.0 Å². The Kier molecular flexibility index (Phi) is 8.34. The van der Waals surface area contributed by atoms with E-state index in [-0.39, 0.29) is 29.3 Å². The molecule has 0 radical (unpaired) electrons. The Morgan fingerprint density at radius 1 is 0.975 bits per heavy atom. The molecule has 0 unspecified atom stereocenters. The maximum absolute atomic E-state index is 14.7. The Morgan fingerprint density at radius 2 is 1.60 bits per heavy atom. The van der Waals surface area contributed by atoms with E-state index in [2.05, 4.69) is 5.32 Å². The molecule has 3 amide bonds. The number of benzene rings is 3. The molecule has 0 aliphatic carbocycles. The maximum Gasteiger partial charge on any atom is 0.410 e. The molecule has 1 fully saturated rings. The minimum Gasteiger partial charge on any atom is -0.490 e. The van der Waals surface area contributed by atoms with Gasteiger partial charge in [0, 0.05) is 24.7 Å². The highest BCUT2D eigenvalue weighted by Crippen LogP contribution is 2.28. The monoisotopic (exact) mass is 569 g/mol. The molecule has 4 rings (SSSR count). The van der Waals surface area contributed by atoms with Gasteiger partial charge in [0.15, 0.2) is 11.6 Å². The molecular weight excluding hydrogens is 537 g/mol. The number of ether oxygens (including phenoxy) is 2. The molecule has 1 aliphatic heterocycles. The van der Waals surface area contributed by atoms with Crippen LogP contribution < -0.4 is 14.8 Å². The van der Waals surface area contributed by atoms with Crippen LogP contribution in [-0.2, 0) is 14.8 Å². The number of carbonyl (C=O) groups is 2. The minimum absolute atomic E-state index is 0.0199. The van der Waals surface area contributed by atoms with Crippen molar-refractivity contribution in [3.63, 3.8) is 0 Å². The van der Waals surface area contributed by atoms with Crippen LogP contribution in [0.5, 0.6) is 5.75 Å². The van der Waals surface area contributed by atoms with Crippen LogP contribution in [0.3, 0.4) is 0 Å². The first-order valence-corrected chi connectivity index (χ1v) is 14.2. The lowest BCUT2D eigenvalue weighted by atomic mass is 10.0. The summed E-state index contributed by atoms with van der Waals surface area (Å²) in [6.07, 6.45) is -0.367. The Morgan fingerprint density at radius 3 is 2.20 bits per heavy atom. The Labute approximate surface area is 233 Å². The number of nitrogens with one attached hydrogen (secondary N) is 2. The van der Waals surface area contributed by atoms with E-state index in [0.717, 1.165) is 5.56 Å². The van der Waals surface area contributed by atoms with Crippen molar-refractivity contribution in [2.45, 2.75) is 38.2 Å². The van der Waals surface area contributed by atoms with Gasteiger partial charge >= 0.3 is 12.1 Å². The molecule has 9 nitrogen and oxygen atoms in total. The number of halogens is 1. The van der Waals surface area contributed by atoms with Crippen molar-refractivity contribution >= 4 is 27.8 Å². The van der Waals surface area contributed by atoms with Gasteiger partial charge in [0.1, 0.15) is 5.60 Å². The quantitative estimate of drug-likeness (QED) is 0.385. The summed E-state index contributed by atoms with van der Waals surface area (Å²) in [6.45, 7) is 8.52. The van der Waals surface area contributed by atoms with Gasteiger partial charge in [-0.1, -0.05) is 35.9 Å². The van der Waals surface area contributed by atoms with Crippen LogP contribution >= 0.6 is 0 Å². The van der Waals surface area contributed by atoms with E-state index in [1.165, 1.54) is 18.2 Å². The van der Waals surface area contributed by atoms with E-state index in [4.69, 9.17) is 9.47 Å². The molecule has 3 aromatic rings. The lowest BCUT2D eigenvalue weighted by Crippen LogP contribution is -2.53. The van der Waals surface area contributed by atoms with Crippen molar-refractivity contribution in [1.29, 1.82) is 0 Å². The number of nitrogens with zero attached hydrogens (tertiary/aromatic N) is 1. The number of sulfonamides is 1. The zero-order valence-electron chi connectivity index (χ0n) is 22.7. The second-order valence-electron chi connectivity index (χ2n) is 10.7. The third-order valence-corrected chi connectivity index (χ3v) is 7.40. The van der Waals surface area contributed by atoms with Crippen molar-refractivity contribution in [3.8, 4) is 16.9 Å². The molecule has 212 valence electrons. The zero-order valence-corrected chi connectivity index (χ0v) is 23.5. The second kappa shape index (κ2) is 11.5. The predicted octanol–water partition coefficient (Wildman–Crippen LogP) is 5.56. The number of likely N-dealkylation sites (tertiary alicyclic amines) is 1. The van der Waals surface area contributed by atoms with Crippen LogP contribution in [0, 0.1) is 18.7 Å². The lowest BCUT2D eigenvalue weighted by Gasteiger charge is -2.39. The van der Waals surface area contributed by atoms with E-state index < -0.39 is 27.5 Å².